The summed E-state index contributed by atoms with van der Waals surface area (Å²) in [6.45, 7) is 4.52. The van der Waals surface area contributed by atoms with Gasteiger partial charge in [-0.05, 0) is 25.5 Å². The van der Waals surface area contributed by atoms with Crippen LogP contribution in [0.4, 0.5) is 5.69 Å². The van der Waals surface area contributed by atoms with Crippen LogP contribution >= 0.6 is 0 Å². The summed E-state index contributed by atoms with van der Waals surface area (Å²) in [7, 11) is 3.18. The van der Waals surface area contributed by atoms with Crippen LogP contribution in [0.2, 0.25) is 0 Å². The minimum Gasteiger partial charge on any atom is -0.497 e. The molecule has 0 fully saturated rings. The molecule has 1 rings (SSSR count). The molecular weight excluding hydrogens is 244 g/mol. The summed E-state index contributed by atoms with van der Waals surface area (Å²) in [5, 5.41) is 5.97. The van der Waals surface area contributed by atoms with Crippen LogP contribution in [0.5, 0.6) is 11.5 Å². The monoisotopic (exact) mass is 266 g/mol. The zero-order chi connectivity index (χ0) is 14.3. The largest absolute Gasteiger partial charge is 0.497 e. The predicted molar refractivity (Wildman–Crippen MR) is 75.9 cm³/mol. The highest BCUT2D eigenvalue weighted by molar-refractivity contribution is 5.84. The molecule has 0 saturated heterocycles. The van der Waals surface area contributed by atoms with E-state index in [2.05, 4.69) is 10.6 Å². The topological polar surface area (TPSA) is 59.6 Å². The Labute approximate surface area is 114 Å². The minimum atomic E-state index is -0.325. The number of rotatable bonds is 7. The number of carbonyl (C=O) groups excluding carboxylic acids is 1. The van der Waals surface area contributed by atoms with Gasteiger partial charge in [0, 0.05) is 12.6 Å². The third kappa shape index (κ3) is 4.35. The van der Waals surface area contributed by atoms with E-state index < -0.39 is 0 Å². The molecule has 19 heavy (non-hydrogen) atoms. The fourth-order valence-corrected chi connectivity index (χ4v) is 1.62. The molecule has 1 aromatic rings. The zero-order valence-corrected chi connectivity index (χ0v) is 11.9. The second-order valence-electron chi connectivity index (χ2n) is 4.22. The maximum atomic E-state index is 11.8. The Morgan fingerprint density at radius 1 is 1.32 bits per heavy atom. The first-order valence-electron chi connectivity index (χ1n) is 6.38. The average molecular weight is 266 g/mol. The van der Waals surface area contributed by atoms with Crippen LogP contribution < -0.4 is 20.1 Å². The highest BCUT2D eigenvalue weighted by Gasteiger charge is 2.14. The summed E-state index contributed by atoms with van der Waals surface area (Å²) in [5.41, 5.74) is 0.766. The number of benzene rings is 1. The second-order valence-corrected chi connectivity index (χ2v) is 4.22. The molecule has 1 atom stereocenters. The van der Waals surface area contributed by atoms with Crippen molar-refractivity contribution in [3.8, 4) is 11.5 Å². The highest BCUT2D eigenvalue weighted by atomic mass is 16.5. The van der Waals surface area contributed by atoms with Crippen LogP contribution in [0.1, 0.15) is 20.3 Å². The van der Waals surface area contributed by atoms with Gasteiger partial charge in [-0.25, -0.2) is 0 Å². The molecule has 0 aliphatic carbocycles. The summed E-state index contributed by atoms with van der Waals surface area (Å²) in [6.07, 6.45) is 0.921. The van der Waals surface area contributed by atoms with Crippen molar-refractivity contribution in [2.75, 3.05) is 26.1 Å². The number of nitrogens with one attached hydrogen (secondary N) is 2. The van der Waals surface area contributed by atoms with Crippen LogP contribution in [-0.4, -0.2) is 32.7 Å². The third-order valence-electron chi connectivity index (χ3n) is 2.72. The van der Waals surface area contributed by atoms with Crippen molar-refractivity contribution in [2.45, 2.75) is 26.3 Å². The molecule has 0 aliphatic heterocycles. The van der Waals surface area contributed by atoms with Gasteiger partial charge in [-0.15, -0.1) is 0 Å². The van der Waals surface area contributed by atoms with Crippen molar-refractivity contribution in [3.05, 3.63) is 18.2 Å². The first-order chi connectivity index (χ1) is 9.12. The zero-order valence-electron chi connectivity index (χ0n) is 11.9. The summed E-state index contributed by atoms with van der Waals surface area (Å²) in [6, 6.07) is 5.11. The van der Waals surface area contributed by atoms with Crippen LogP contribution in [0.15, 0.2) is 18.2 Å². The van der Waals surface area contributed by atoms with E-state index in [0.717, 1.165) is 12.1 Å². The molecule has 0 aromatic heterocycles. The van der Waals surface area contributed by atoms with Gasteiger partial charge >= 0.3 is 0 Å². The standard InChI is InChI=1S/C14H22N2O3/c1-5-8-15-14(17)10(2)16-12-7-6-11(18-3)9-13(12)19-4/h6-7,9-10,16H,5,8H2,1-4H3,(H,15,17). The van der Waals surface area contributed by atoms with Gasteiger partial charge in [0.2, 0.25) is 5.91 Å². The maximum Gasteiger partial charge on any atom is 0.242 e. The summed E-state index contributed by atoms with van der Waals surface area (Å²) < 4.78 is 10.4. The molecule has 2 N–H and O–H groups in total. The maximum absolute atomic E-state index is 11.8. The van der Waals surface area contributed by atoms with Crippen LogP contribution in [0.25, 0.3) is 0 Å². The summed E-state index contributed by atoms with van der Waals surface area (Å²) in [4.78, 5) is 11.8. The number of anilines is 1. The molecule has 0 saturated carbocycles. The van der Waals surface area contributed by atoms with Gasteiger partial charge in [0.25, 0.3) is 0 Å². The SMILES string of the molecule is CCCNC(=O)C(C)Nc1ccc(OC)cc1OC. The van der Waals surface area contributed by atoms with E-state index >= 15 is 0 Å². The minimum absolute atomic E-state index is 0.0280. The lowest BCUT2D eigenvalue weighted by Crippen LogP contribution is -2.37. The normalized spacial score (nSPS) is 11.6. The van der Waals surface area contributed by atoms with E-state index in [1.807, 2.05) is 26.0 Å². The number of hydrogen-bond donors (Lipinski definition) is 2. The summed E-state index contributed by atoms with van der Waals surface area (Å²) >= 11 is 0. The van der Waals surface area contributed by atoms with Gasteiger partial charge in [0.05, 0.1) is 19.9 Å². The van der Waals surface area contributed by atoms with Crippen LogP contribution in [0.3, 0.4) is 0 Å². The number of hydrogen-bond acceptors (Lipinski definition) is 4. The second kappa shape index (κ2) is 7.51. The number of amides is 1. The Kier molecular flexibility index (Phi) is 5.99. The lowest BCUT2D eigenvalue weighted by Gasteiger charge is -2.17. The number of ether oxygens (including phenoxy) is 2. The molecule has 1 unspecified atom stereocenters. The number of carbonyl (C=O) groups is 1. The average Bonchev–Trinajstić information content (AvgIpc) is 2.44. The molecule has 1 aromatic carbocycles. The van der Waals surface area contributed by atoms with E-state index in [0.29, 0.717) is 18.0 Å². The fraction of sp³-hybridized carbons (Fsp3) is 0.500. The van der Waals surface area contributed by atoms with Crippen molar-refractivity contribution in [1.29, 1.82) is 0 Å². The first-order valence-corrected chi connectivity index (χ1v) is 6.38. The lowest BCUT2D eigenvalue weighted by atomic mass is 10.2. The quantitative estimate of drug-likeness (QED) is 0.793. The Morgan fingerprint density at radius 3 is 2.63 bits per heavy atom. The molecule has 5 nitrogen and oxygen atoms in total. The third-order valence-corrected chi connectivity index (χ3v) is 2.72. The smallest absolute Gasteiger partial charge is 0.242 e. The molecule has 0 heterocycles. The van der Waals surface area contributed by atoms with Gasteiger partial charge in [0.15, 0.2) is 0 Å². The Hall–Kier alpha value is -1.91. The van der Waals surface area contributed by atoms with Crippen molar-refractivity contribution >= 4 is 11.6 Å². The van der Waals surface area contributed by atoms with Crippen molar-refractivity contribution in [2.24, 2.45) is 0 Å². The molecular formula is C14H22N2O3. The van der Waals surface area contributed by atoms with E-state index in [9.17, 15) is 4.79 Å². The Bertz CT molecular complexity index is 421. The van der Waals surface area contributed by atoms with Gasteiger partial charge in [-0.1, -0.05) is 6.92 Å². The lowest BCUT2D eigenvalue weighted by molar-refractivity contribution is -0.121. The van der Waals surface area contributed by atoms with Crippen molar-refractivity contribution < 1.29 is 14.3 Å². The fourth-order valence-electron chi connectivity index (χ4n) is 1.62. The number of methoxy groups -OCH3 is 2. The molecule has 106 valence electrons. The highest BCUT2D eigenvalue weighted by Crippen LogP contribution is 2.29. The predicted octanol–water partition coefficient (Wildman–Crippen LogP) is 2.03. The van der Waals surface area contributed by atoms with Crippen LogP contribution in [0, 0.1) is 0 Å². The van der Waals surface area contributed by atoms with Crippen molar-refractivity contribution in [3.63, 3.8) is 0 Å². The van der Waals surface area contributed by atoms with Gasteiger partial charge in [-0.3, -0.25) is 4.79 Å². The molecule has 0 bridgehead atoms. The van der Waals surface area contributed by atoms with Gasteiger partial charge in [0.1, 0.15) is 17.5 Å². The molecule has 5 heteroatoms. The van der Waals surface area contributed by atoms with E-state index in [-0.39, 0.29) is 11.9 Å². The van der Waals surface area contributed by atoms with E-state index in [1.54, 1.807) is 20.3 Å². The van der Waals surface area contributed by atoms with Gasteiger partial charge < -0.3 is 20.1 Å². The Morgan fingerprint density at radius 2 is 2.05 bits per heavy atom. The first kappa shape index (κ1) is 15.1. The van der Waals surface area contributed by atoms with E-state index in [1.165, 1.54) is 0 Å². The summed E-state index contributed by atoms with van der Waals surface area (Å²) in [5.74, 6) is 1.33. The molecule has 0 aliphatic rings. The van der Waals surface area contributed by atoms with Gasteiger partial charge in [-0.2, -0.15) is 0 Å². The Balaban J connectivity index is 2.72. The van der Waals surface area contributed by atoms with E-state index in [4.69, 9.17) is 9.47 Å². The molecule has 0 spiro atoms. The molecule has 0 radical (unpaired) electrons. The van der Waals surface area contributed by atoms with Crippen molar-refractivity contribution in [1.82, 2.24) is 5.32 Å². The molecule has 1 amide bonds. The van der Waals surface area contributed by atoms with Crippen LogP contribution in [-0.2, 0) is 4.79 Å².